The summed E-state index contributed by atoms with van der Waals surface area (Å²) < 4.78 is 40.2. The van der Waals surface area contributed by atoms with Crippen LogP contribution < -0.4 is 4.74 Å². The Labute approximate surface area is 115 Å². The summed E-state index contributed by atoms with van der Waals surface area (Å²) in [6, 6.07) is 6.68. The number of alkyl halides is 3. The van der Waals surface area contributed by atoms with Crippen molar-refractivity contribution in [2.45, 2.75) is 25.7 Å². The van der Waals surface area contributed by atoms with Crippen LogP contribution in [0.15, 0.2) is 30.3 Å². The zero-order valence-electron chi connectivity index (χ0n) is 11.2. The fourth-order valence-corrected chi connectivity index (χ4v) is 3.22. The smallest absolute Gasteiger partial charge is 0.406 e. The van der Waals surface area contributed by atoms with Crippen molar-refractivity contribution >= 4 is 5.57 Å². The van der Waals surface area contributed by atoms with Gasteiger partial charge in [0.05, 0.1) is 0 Å². The van der Waals surface area contributed by atoms with Gasteiger partial charge in [-0.15, -0.1) is 13.2 Å². The molecule has 108 valence electrons. The molecule has 2 unspecified atom stereocenters. The molecule has 1 saturated heterocycles. The van der Waals surface area contributed by atoms with Gasteiger partial charge in [0.15, 0.2) is 0 Å². The number of nitrogens with zero attached hydrogens (tertiary/aromatic N) is 1. The third kappa shape index (κ3) is 2.54. The van der Waals surface area contributed by atoms with Crippen LogP contribution in [0.4, 0.5) is 13.2 Å². The summed E-state index contributed by atoms with van der Waals surface area (Å²) in [7, 11) is 0. The van der Waals surface area contributed by atoms with Crippen LogP contribution in [0.2, 0.25) is 0 Å². The molecule has 5 heteroatoms. The van der Waals surface area contributed by atoms with Crippen LogP contribution in [-0.4, -0.2) is 30.4 Å². The van der Waals surface area contributed by atoms with Crippen molar-refractivity contribution in [3.63, 3.8) is 0 Å². The second-order valence-electron chi connectivity index (χ2n) is 5.28. The van der Waals surface area contributed by atoms with E-state index < -0.39 is 6.36 Å². The van der Waals surface area contributed by atoms with Gasteiger partial charge in [0.1, 0.15) is 5.75 Å². The number of fused-ring (bicyclic) bond motifs is 2. The summed E-state index contributed by atoms with van der Waals surface area (Å²) in [4.78, 5) is 2.43. The Hall–Kier alpha value is -1.49. The van der Waals surface area contributed by atoms with E-state index in [-0.39, 0.29) is 5.75 Å². The van der Waals surface area contributed by atoms with Crippen LogP contribution in [0, 0.1) is 5.92 Å². The first-order valence-electron chi connectivity index (χ1n) is 6.78. The van der Waals surface area contributed by atoms with E-state index in [2.05, 4.69) is 22.6 Å². The summed E-state index contributed by atoms with van der Waals surface area (Å²) in [5.74, 6) is 0.342. The molecule has 0 saturated carbocycles. The maximum atomic E-state index is 12.1. The minimum Gasteiger partial charge on any atom is -0.406 e. The molecule has 1 aliphatic carbocycles. The van der Waals surface area contributed by atoms with Gasteiger partial charge >= 0.3 is 6.36 Å². The van der Waals surface area contributed by atoms with E-state index in [9.17, 15) is 13.2 Å². The van der Waals surface area contributed by atoms with Crippen LogP contribution in [0.1, 0.15) is 18.9 Å². The van der Waals surface area contributed by atoms with Crippen molar-refractivity contribution in [1.82, 2.24) is 4.90 Å². The largest absolute Gasteiger partial charge is 0.573 e. The predicted molar refractivity (Wildman–Crippen MR) is 70.2 cm³/mol. The summed E-state index contributed by atoms with van der Waals surface area (Å²) in [6.45, 7) is 4.24. The molecule has 2 atom stereocenters. The zero-order valence-corrected chi connectivity index (χ0v) is 11.2. The van der Waals surface area contributed by atoms with E-state index >= 15 is 0 Å². The maximum absolute atomic E-state index is 12.1. The quantitative estimate of drug-likeness (QED) is 0.838. The van der Waals surface area contributed by atoms with Crippen LogP contribution in [0.3, 0.4) is 0 Å². The summed E-state index contributed by atoms with van der Waals surface area (Å²) >= 11 is 0. The standard InChI is InChI=1S/C15H16F3NO/c1-2-19-9-11-7-12(19)8-14(11)10-3-5-13(6-4-10)20-15(16,17)18/h3-6,8,11-12H,2,7,9H2,1H3. The molecule has 1 aromatic rings. The highest BCUT2D eigenvalue weighted by molar-refractivity contribution is 5.72. The number of likely N-dealkylation sites (tertiary alicyclic amines) is 1. The highest BCUT2D eigenvalue weighted by Gasteiger charge is 2.38. The van der Waals surface area contributed by atoms with Crippen molar-refractivity contribution in [2.24, 2.45) is 5.92 Å². The molecule has 1 heterocycles. The van der Waals surface area contributed by atoms with Gasteiger partial charge in [0.25, 0.3) is 0 Å². The highest BCUT2D eigenvalue weighted by Crippen LogP contribution is 2.42. The van der Waals surface area contributed by atoms with E-state index in [4.69, 9.17) is 0 Å². The Morgan fingerprint density at radius 1 is 1.25 bits per heavy atom. The van der Waals surface area contributed by atoms with Gasteiger partial charge in [-0.2, -0.15) is 0 Å². The molecule has 0 amide bonds. The lowest BCUT2D eigenvalue weighted by atomic mass is 9.95. The molecule has 2 aliphatic rings. The SMILES string of the molecule is CCN1CC2CC1C=C2c1ccc(OC(F)(F)F)cc1. The molecule has 2 bridgehead atoms. The Kier molecular flexibility index (Phi) is 3.24. The Bertz CT molecular complexity index is 521. The average molecular weight is 283 g/mol. The van der Waals surface area contributed by atoms with Crippen molar-refractivity contribution < 1.29 is 17.9 Å². The number of benzene rings is 1. The number of halogens is 3. The second-order valence-corrected chi connectivity index (χ2v) is 5.28. The normalized spacial score (nSPS) is 25.9. The number of ether oxygens (including phenoxy) is 1. The molecule has 0 spiro atoms. The number of hydrogen-bond donors (Lipinski definition) is 0. The molecule has 1 aromatic carbocycles. The first-order chi connectivity index (χ1) is 9.46. The molecular formula is C15H16F3NO. The molecule has 1 aliphatic heterocycles. The average Bonchev–Trinajstić information content (AvgIpc) is 2.97. The monoisotopic (exact) mass is 283 g/mol. The maximum Gasteiger partial charge on any atom is 0.573 e. The first-order valence-corrected chi connectivity index (χ1v) is 6.78. The molecular weight excluding hydrogens is 267 g/mol. The van der Waals surface area contributed by atoms with Gasteiger partial charge in [-0.3, -0.25) is 4.90 Å². The van der Waals surface area contributed by atoms with Crippen molar-refractivity contribution in [2.75, 3.05) is 13.1 Å². The lowest BCUT2D eigenvalue weighted by molar-refractivity contribution is -0.274. The number of likely N-dealkylation sites (N-methyl/N-ethyl adjacent to an activating group) is 1. The molecule has 1 fully saturated rings. The number of hydrogen-bond acceptors (Lipinski definition) is 2. The van der Waals surface area contributed by atoms with Crippen molar-refractivity contribution in [3.8, 4) is 5.75 Å². The summed E-state index contributed by atoms with van der Waals surface area (Å²) in [5.41, 5.74) is 2.26. The fourth-order valence-electron chi connectivity index (χ4n) is 3.22. The zero-order chi connectivity index (χ0) is 14.3. The third-order valence-corrected chi connectivity index (χ3v) is 4.09. The van der Waals surface area contributed by atoms with Crippen molar-refractivity contribution in [3.05, 3.63) is 35.9 Å². The lowest BCUT2D eigenvalue weighted by Gasteiger charge is -2.24. The highest BCUT2D eigenvalue weighted by atomic mass is 19.4. The van der Waals surface area contributed by atoms with Crippen LogP contribution >= 0.6 is 0 Å². The van der Waals surface area contributed by atoms with Crippen LogP contribution in [0.25, 0.3) is 5.57 Å². The van der Waals surface area contributed by atoms with Gasteiger partial charge in [-0.25, -0.2) is 0 Å². The minimum atomic E-state index is -4.63. The van der Waals surface area contributed by atoms with E-state index in [1.807, 2.05) is 0 Å². The molecule has 3 rings (SSSR count). The van der Waals surface area contributed by atoms with Gasteiger partial charge in [0, 0.05) is 12.6 Å². The van der Waals surface area contributed by atoms with E-state index in [1.165, 1.54) is 17.7 Å². The van der Waals surface area contributed by atoms with E-state index in [1.54, 1.807) is 12.1 Å². The Balaban J connectivity index is 1.75. The third-order valence-electron chi connectivity index (χ3n) is 4.09. The minimum absolute atomic E-state index is 0.166. The topological polar surface area (TPSA) is 12.5 Å². The van der Waals surface area contributed by atoms with Crippen LogP contribution in [0.5, 0.6) is 5.75 Å². The molecule has 0 radical (unpaired) electrons. The summed E-state index contributed by atoms with van der Waals surface area (Å²) in [6.07, 6.45) is -1.25. The van der Waals surface area contributed by atoms with Gasteiger partial charge in [-0.05, 0) is 42.2 Å². The molecule has 2 nitrogen and oxygen atoms in total. The first kappa shape index (κ1) is 13.5. The van der Waals surface area contributed by atoms with Gasteiger partial charge in [-0.1, -0.05) is 25.1 Å². The summed E-state index contributed by atoms with van der Waals surface area (Å²) in [5, 5.41) is 0. The number of rotatable bonds is 3. The van der Waals surface area contributed by atoms with Gasteiger partial charge in [0.2, 0.25) is 0 Å². The fraction of sp³-hybridized carbons (Fsp3) is 0.467. The Morgan fingerprint density at radius 3 is 2.45 bits per heavy atom. The Morgan fingerprint density at radius 2 is 1.95 bits per heavy atom. The second kappa shape index (κ2) is 4.81. The molecule has 20 heavy (non-hydrogen) atoms. The molecule has 0 aromatic heterocycles. The van der Waals surface area contributed by atoms with E-state index in [0.717, 1.165) is 25.1 Å². The lowest BCUT2D eigenvalue weighted by Crippen LogP contribution is -2.30. The van der Waals surface area contributed by atoms with Crippen molar-refractivity contribution in [1.29, 1.82) is 0 Å². The predicted octanol–water partition coefficient (Wildman–Crippen LogP) is 3.69. The van der Waals surface area contributed by atoms with Crippen LogP contribution in [-0.2, 0) is 0 Å². The van der Waals surface area contributed by atoms with Gasteiger partial charge < -0.3 is 4.74 Å². The van der Waals surface area contributed by atoms with E-state index in [0.29, 0.717) is 12.0 Å². The molecule has 0 N–H and O–H groups in total.